The van der Waals surface area contributed by atoms with Gasteiger partial charge in [-0.3, -0.25) is 4.79 Å². The van der Waals surface area contributed by atoms with E-state index < -0.39 is 0 Å². The van der Waals surface area contributed by atoms with E-state index in [-0.39, 0.29) is 11.8 Å². The normalized spacial score (nSPS) is 10.2. The molecule has 0 heterocycles. The second-order valence-electron chi connectivity index (χ2n) is 3.95. The fourth-order valence-electron chi connectivity index (χ4n) is 1.58. The fraction of sp³-hybridized carbons (Fsp3) is 0.462. The summed E-state index contributed by atoms with van der Waals surface area (Å²) in [6, 6.07) is 6.14. The molecular weight excluding hydrogens is 222 g/mol. The molecule has 1 aromatic carbocycles. The third-order valence-corrected chi connectivity index (χ3v) is 2.70. The van der Waals surface area contributed by atoms with Crippen molar-refractivity contribution < 1.29 is 4.79 Å². The average Bonchev–Trinajstić information content (AvgIpc) is 2.28. The van der Waals surface area contributed by atoms with Crippen molar-refractivity contribution in [2.75, 3.05) is 11.2 Å². The number of aryl methyl sites for hydroxylation is 2. The van der Waals surface area contributed by atoms with Gasteiger partial charge in [-0.1, -0.05) is 25.5 Å². The van der Waals surface area contributed by atoms with Crippen LogP contribution in [0.2, 0.25) is 0 Å². The lowest BCUT2D eigenvalue weighted by atomic mass is 10.0. The summed E-state index contributed by atoms with van der Waals surface area (Å²) in [6.45, 7) is 4.17. The molecule has 0 fully saturated rings. The van der Waals surface area contributed by atoms with Gasteiger partial charge in [0, 0.05) is 5.69 Å². The highest BCUT2D eigenvalue weighted by Gasteiger charge is 2.05. The molecule has 1 aromatic rings. The molecule has 16 heavy (non-hydrogen) atoms. The monoisotopic (exact) mass is 239 g/mol. The molecule has 1 N–H and O–H groups in total. The van der Waals surface area contributed by atoms with Crippen LogP contribution in [0.1, 0.15) is 30.9 Å². The van der Waals surface area contributed by atoms with Gasteiger partial charge in [0.1, 0.15) is 5.88 Å². The van der Waals surface area contributed by atoms with Crippen LogP contribution < -0.4 is 5.32 Å². The van der Waals surface area contributed by atoms with Crippen molar-refractivity contribution >= 4 is 23.2 Å². The highest BCUT2D eigenvalue weighted by atomic mass is 35.5. The zero-order chi connectivity index (χ0) is 12.0. The summed E-state index contributed by atoms with van der Waals surface area (Å²) in [5, 5.41) is 2.84. The first-order valence-corrected chi connectivity index (χ1v) is 6.16. The molecule has 0 bridgehead atoms. The Labute approximate surface area is 102 Å². The van der Waals surface area contributed by atoms with Gasteiger partial charge in [-0.05, 0) is 37.0 Å². The van der Waals surface area contributed by atoms with Crippen molar-refractivity contribution in [1.82, 2.24) is 0 Å². The molecule has 2 nitrogen and oxygen atoms in total. The lowest BCUT2D eigenvalue weighted by molar-refractivity contribution is -0.113. The topological polar surface area (TPSA) is 29.1 Å². The number of amides is 1. The van der Waals surface area contributed by atoms with Gasteiger partial charge in [-0.25, -0.2) is 0 Å². The van der Waals surface area contributed by atoms with Crippen LogP contribution in [0.4, 0.5) is 5.69 Å². The Morgan fingerprint density at radius 3 is 2.81 bits per heavy atom. The molecule has 0 aliphatic rings. The van der Waals surface area contributed by atoms with Crippen LogP contribution in [-0.4, -0.2) is 11.8 Å². The lowest BCUT2D eigenvalue weighted by Crippen LogP contribution is -2.14. The molecule has 1 rings (SSSR count). The summed E-state index contributed by atoms with van der Waals surface area (Å²) in [5.74, 6) is -0.147. The number of rotatable bonds is 5. The van der Waals surface area contributed by atoms with E-state index in [1.54, 1.807) is 0 Å². The summed E-state index contributed by atoms with van der Waals surface area (Å²) in [7, 11) is 0. The highest BCUT2D eigenvalue weighted by Crippen LogP contribution is 2.19. The SMILES string of the molecule is CCCCc1ccc(C)cc1NC(=O)CCl. The number of benzene rings is 1. The molecular formula is C13H18ClNO. The minimum atomic E-state index is -0.148. The Kier molecular flexibility index (Phi) is 5.33. The maximum atomic E-state index is 11.3. The third kappa shape index (κ3) is 3.86. The van der Waals surface area contributed by atoms with Crippen molar-refractivity contribution in [2.24, 2.45) is 0 Å². The Balaban J connectivity index is 2.84. The number of alkyl halides is 1. The largest absolute Gasteiger partial charge is 0.325 e. The van der Waals surface area contributed by atoms with Crippen molar-refractivity contribution in [3.05, 3.63) is 29.3 Å². The summed E-state index contributed by atoms with van der Waals surface area (Å²) >= 11 is 5.49. The predicted octanol–water partition coefficient (Wildman–Crippen LogP) is 3.51. The van der Waals surface area contributed by atoms with E-state index in [0.717, 1.165) is 30.5 Å². The van der Waals surface area contributed by atoms with E-state index in [0.29, 0.717) is 0 Å². The molecule has 0 unspecified atom stereocenters. The standard InChI is InChI=1S/C13H18ClNO/c1-3-4-5-11-7-6-10(2)8-12(11)15-13(16)9-14/h6-8H,3-5,9H2,1-2H3,(H,15,16). The second kappa shape index (κ2) is 6.54. The van der Waals surface area contributed by atoms with Gasteiger partial charge >= 0.3 is 0 Å². The first-order valence-electron chi connectivity index (χ1n) is 5.62. The van der Waals surface area contributed by atoms with Crippen molar-refractivity contribution in [1.29, 1.82) is 0 Å². The Bertz CT molecular complexity index is 363. The van der Waals surface area contributed by atoms with Gasteiger partial charge < -0.3 is 5.32 Å². The van der Waals surface area contributed by atoms with Crippen LogP contribution >= 0.6 is 11.6 Å². The molecule has 0 aliphatic carbocycles. The number of carbonyl (C=O) groups is 1. The van der Waals surface area contributed by atoms with E-state index in [1.165, 1.54) is 5.56 Å². The predicted molar refractivity (Wildman–Crippen MR) is 69.1 cm³/mol. The van der Waals surface area contributed by atoms with Crippen molar-refractivity contribution in [2.45, 2.75) is 33.1 Å². The van der Waals surface area contributed by atoms with Crippen LogP contribution in [0, 0.1) is 6.92 Å². The molecule has 0 radical (unpaired) electrons. The Morgan fingerprint density at radius 2 is 2.19 bits per heavy atom. The van der Waals surface area contributed by atoms with Crippen LogP contribution in [0.5, 0.6) is 0 Å². The summed E-state index contributed by atoms with van der Waals surface area (Å²) < 4.78 is 0. The van der Waals surface area contributed by atoms with E-state index in [9.17, 15) is 4.79 Å². The van der Waals surface area contributed by atoms with Crippen molar-refractivity contribution in [3.63, 3.8) is 0 Å². The van der Waals surface area contributed by atoms with Gasteiger partial charge in [0.25, 0.3) is 0 Å². The minimum Gasteiger partial charge on any atom is -0.325 e. The molecule has 88 valence electrons. The molecule has 1 amide bonds. The van der Waals surface area contributed by atoms with Crippen molar-refractivity contribution in [3.8, 4) is 0 Å². The zero-order valence-corrected chi connectivity index (χ0v) is 10.6. The van der Waals surface area contributed by atoms with Crippen LogP contribution in [0.3, 0.4) is 0 Å². The second-order valence-corrected chi connectivity index (χ2v) is 4.21. The van der Waals surface area contributed by atoms with Crippen LogP contribution in [-0.2, 0) is 11.2 Å². The number of hydrogen-bond donors (Lipinski definition) is 1. The minimum absolute atomic E-state index is 0.00115. The average molecular weight is 240 g/mol. The number of nitrogens with one attached hydrogen (secondary N) is 1. The van der Waals surface area contributed by atoms with Crippen LogP contribution in [0.15, 0.2) is 18.2 Å². The summed E-state index contributed by atoms with van der Waals surface area (Å²) in [5.41, 5.74) is 3.23. The molecule has 0 atom stereocenters. The Hall–Kier alpha value is -1.02. The number of carbonyl (C=O) groups excluding carboxylic acids is 1. The fourth-order valence-corrected chi connectivity index (χ4v) is 1.64. The van der Waals surface area contributed by atoms with E-state index in [2.05, 4.69) is 24.4 Å². The molecule has 0 saturated carbocycles. The first-order chi connectivity index (χ1) is 7.67. The number of hydrogen-bond acceptors (Lipinski definition) is 1. The third-order valence-electron chi connectivity index (χ3n) is 2.46. The smallest absolute Gasteiger partial charge is 0.239 e. The summed E-state index contributed by atoms with van der Waals surface area (Å²) in [6.07, 6.45) is 3.28. The Morgan fingerprint density at radius 1 is 1.44 bits per heavy atom. The molecule has 3 heteroatoms. The maximum absolute atomic E-state index is 11.3. The van der Waals surface area contributed by atoms with Gasteiger partial charge in [0.2, 0.25) is 5.91 Å². The van der Waals surface area contributed by atoms with Gasteiger partial charge in [0.05, 0.1) is 0 Å². The zero-order valence-electron chi connectivity index (χ0n) is 9.85. The van der Waals surface area contributed by atoms with Gasteiger partial charge in [0.15, 0.2) is 0 Å². The van der Waals surface area contributed by atoms with Crippen LogP contribution in [0.25, 0.3) is 0 Å². The number of anilines is 1. The lowest BCUT2D eigenvalue weighted by Gasteiger charge is -2.11. The molecule has 0 aromatic heterocycles. The summed E-state index contributed by atoms with van der Waals surface area (Å²) in [4.78, 5) is 11.3. The first kappa shape index (κ1) is 13.0. The number of unbranched alkanes of at least 4 members (excludes halogenated alkanes) is 1. The van der Waals surface area contributed by atoms with E-state index in [1.807, 2.05) is 13.0 Å². The molecule has 0 aliphatic heterocycles. The van der Waals surface area contributed by atoms with Gasteiger partial charge in [-0.15, -0.1) is 11.6 Å². The van der Waals surface area contributed by atoms with E-state index in [4.69, 9.17) is 11.6 Å². The van der Waals surface area contributed by atoms with Gasteiger partial charge in [-0.2, -0.15) is 0 Å². The molecule has 0 saturated heterocycles. The van der Waals surface area contributed by atoms with E-state index >= 15 is 0 Å². The molecule has 0 spiro atoms. The highest BCUT2D eigenvalue weighted by molar-refractivity contribution is 6.29. The quantitative estimate of drug-likeness (QED) is 0.783. The number of halogens is 1. The maximum Gasteiger partial charge on any atom is 0.239 e.